The van der Waals surface area contributed by atoms with Gasteiger partial charge in [-0.3, -0.25) is 4.79 Å². The van der Waals surface area contributed by atoms with Crippen LogP contribution in [0.15, 0.2) is 66.9 Å². The van der Waals surface area contributed by atoms with Gasteiger partial charge >= 0.3 is 0 Å². The molecule has 0 fully saturated rings. The van der Waals surface area contributed by atoms with Gasteiger partial charge in [0.15, 0.2) is 0 Å². The Bertz CT molecular complexity index is 985. The Labute approximate surface area is 164 Å². The van der Waals surface area contributed by atoms with Crippen molar-refractivity contribution in [3.05, 3.63) is 89.4 Å². The fourth-order valence-corrected chi connectivity index (χ4v) is 3.59. The van der Waals surface area contributed by atoms with Gasteiger partial charge in [0.05, 0.1) is 11.6 Å². The summed E-state index contributed by atoms with van der Waals surface area (Å²) in [6.07, 6.45) is 2.51. The highest BCUT2D eigenvalue weighted by atomic mass is 19.1. The molecule has 0 N–H and O–H groups in total. The first-order valence-electron chi connectivity index (χ1n) is 9.39. The molecular formula is C23H22FN3O. The van der Waals surface area contributed by atoms with Crippen LogP contribution in [0.2, 0.25) is 0 Å². The Morgan fingerprint density at radius 2 is 1.86 bits per heavy atom. The van der Waals surface area contributed by atoms with E-state index in [1.165, 1.54) is 17.7 Å². The average molecular weight is 375 g/mol. The van der Waals surface area contributed by atoms with Crippen LogP contribution in [0.1, 0.15) is 34.5 Å². The molecule has 142 valence electrons. The van der Waals surface area contributed by atoms with Crippen LogP contribution in [0.4, 0.5) is 15.9 Å². The number of halogens is 1. The zero-order valence-corrected chi connectivity index (χ0v) is 16.0. The van der Waals surface area contributed by atoms with E-state index in [4.69, 9.17) is 0 Å². The summed E-state index contributed by atoms with van der Waals surface area (Å²) < 4.78 is 13.2. The number of amides is 1. The first-order valence-corrected chi connectivity index (χ1v) is 9.39. The second-order valence-corrected chi connectivity index (χ2v) is 7.08. The van der Waals surface area contributed by atoms with Crippen molar-refractivity contribution < 1.29 is 9.18 Å². The van der Waals surface area contributed by atoms with Crippen LogP contribution in [0.25, 0.3) is 0 Å². The number of carbonyl (C=O) groups excluding carboxylic acids is 1. The summed E-state index contributed by atoms with van der Waals surface area (Å²) in [4.78, 5) is 21.2. The second kappa shape index (κ2) is 7.43. The molecule has 3 aromatic rings. The molecule has 0 spiro atoms. The molecule has 0 radical (unpaired) electrons. The Kier molecular flexibility index (Phi) is 4.82. The van der Waals surface area contributed by atoms with E-state index in [0.717, 1.165) is 23.5 Å². The quantitative estimate of drug-likeness (QED) is 0.668. The SMILES string of the molecule is CC(c1ccc(F)cc1)N(C)c1ccc(C(=O)N2CCc3ccccc32)cn1. The van der Waals surface area contributed by atoms with Crippen molar-refractivity contribution in [2.24, 2.45) is 0 Å². The molecule has 0 aliphatic carbocycles. The first-order chi connectivity index (χ1) is 13.5. The van der Waals surface area contributed by atoms with Gasteiger partial charge in [-0.25, -0.2) is 9.37 Å². The van der Waals surface area contributed by atoms with Crippen molar-refractivity contribution in [3.8, 4) is 0 Å². The molecule has 1 aromatic heterocycles. The van der Waals surface area contributed by atoms with E-state index in [1.807, 2.05) is 54.1 Å². The number of anilines is 2. The summed E-state index contributed by atoms with van der Waals surface area (Å²) in [5.74, 6) is 0.483. The Hall–Kier alpha value is -3.21. The van der Waals surface area contributed by atoms with E-state index < -0.39 is 0 Å². The van der Waals surface area contributed by atoms with Gasteiger partial charge in [-0.15, -0.1) is 0 Å². The van der Waals surface area contributed by atoms with E-state index in [-0.39, 0.29) is 17.8 Å². The molecular weight excluding hydrogens is 353 g/mol. The lowest BCUT2D eigenvalue weighted by molar-refractivity contribution is 0.0989. The minimum Gasteiger partial charge on any atom is -0.353 e. The average Bonchev–Trinajstić information content (AvgIpc) is 3.17. The number of para-hydroxylation sites is 1. The van der Waals surface area contributed by atoms with E-state index in [0.29, 0.717) is 12.1 Å². The van der Waals surface area contributed by atoms with E-state index in [9.17, 15) is 9.18 Å². The number of benzene rings is 2. The van der Waals surface area contributed by atoms with E-state index in [2.05, 4.69) is 11.1 Å². The standard InChI is InChI=1S/C23H22FN3O/c1-16(17-7-10-20(24)11-8-17)26(2)22-12-9-19(15-25-22)23(28)27-14-13-18-5-3-4-6-21(18)27/h3-12,15-16H,13-14H2,1-2H3. The topological polar surface area (TPSA) is 36.4 Å². The number of hydrogen-bond donors (Lipinski definition) is 0. The van der Waals surface area contributed by atoms with Crippen LogP contribution in [0, 0.1) is 5.82 Å². The van der Waals surface area contributed by atoms with Gasteiger partial charge in [-0.05, 0) is 54.8 Å². The Balaban J connectivity index is 1.51. The van der Waals surface area contributed by atoms with Gasteiger partial charge in [-0.2, -0.15) is 0 Å². The predicted molar refractivity (Wildman–Crippen MR) is 109 cm³/mol. The van der Waals surface area contributed by atoms with Gasteiger partial charge in [0.2, 0.25) is 0 Å². The van der Waals surface area contributed by atoms with Gasteiger partial charge in [0, 0.05) is 25.5 Å². The van der Waals surface area contributed by atoms with Crippen molar-refractivity contribution >= 4 is 17.4 Å². The maximum absolute atomic E-state index is 13.2. The summed E-state index contributed by atoms with van der Waals surface area (Å²) in [6, 6.07) is 18.2. The summed E-state index contributed by atoms with van der Waals surface area (Å²) in [5, 5.41) is 0. The number of rotatable bonds is 4. The minimum absolute atomic E-state index is 0.0279. The van der Waals surface area contributed by atoms with Crippen LogP contribution < -0.4 is 9.80 Å². The molecule has 4 rings (SSSR count). The highest BCUT2D eigenvalue weighted by Gasteiger charge is 2.25. The predicted octanol–water partition coefficient (Wildman–Crippen LogP) is 4.62. The minimum atomic E-state index is -0.247. The summed E-state index contributed by atoms with van der Waals surface area (Å²) in [5.41, 5.74) is 3.76. The largest absolute Gasteiger partial charge is 0.353 e. The monoisotopic (exact) mass is 375 g/mol. The molecule has 2 heterocycles. The lowest BCUT2D eigenvalue weighted by Crippen LogP contribution is -2.29. The van der Waals surface area contributed by atoms with Crippen molar-refractivity contribution in [2.75, 3.05) is 23.4 Å². The van der Waals surface area contributed by atoms with Gasteiger partial charge in [-0.1, -0.05) is 30.3 Å². The highest BCUT2D eigenvalue weighted by Crippen LogP contribution is 2.29. The highest BCUT2D eigenvalue weighted by molar-refractivity contribution is 6.07. The fraction of sp³-hybridized carbons (Fsp3) is 0.217. The van der Waals surface area contributed by atoms with Crippen molar-refractivity contribution in [1.82, 2.24) is 4.98 Å². The zero-order valence-electron chi connectivity index (χ0n) is 16.0. The van der Waals surface area contributed by atoms with Crippen molar-refractivity contribution in [3.63, 3.8) is 0 Å². The van der Waals surface area contributed by atoms with Crippen LogP contribution in [0.3, 0.4) is 0 Å². The Morgan fingerprint density at radius 3 is 2.57 bits per heavy atom. The molecule has 2 aromatic carbocycles. The molecule has 0 bridgehead atoms. The zero-order chi connectivity index (χ0) is 19.7. The van der Waals surface area contributed by atoms with Crippen molar-refractivity contribution in [1.29, 1.82) is 0 Å². The molecule has 28 heavy (non-hydrogen) atoms. The molecule has 1 unspecified atom stereocenters. The molecule has 0 saturated carbocycles. The fourth-order valence-electron chi connectivity index (χ4n) is 3.59. The smallest absolute Gasteiger partial charge is 0.259 e. The van der Waals surface area contributed by atoms with Crippen LogP contribution in [0.5, 0.6) is 0 Å². The number of pyridine rings is 1. The molecule has 1 atom stereocenters. The number of hydrogen-bond acceptors (Lipinski definition) is 3. The normalized spacial score (nSPS) is 13.9. The lowest BCUT2D eigenvalue weighted by atomic mass is 10.1. The maximum Gasteiger partial charge on any atom is 0.259 e. The number of aromatic nitrogens is 1. The van der Waals surface area contributed by atoms with Gasteiger partial charge in [0.25, 0.3) is 5.91 Å². The van der Waals surface area contributed by atoms with Crippen LogP contribution in [-0.4, -0.2) is 24.5 Å². The Morgan fingerprint density at radius 1 is 1.11 bits per heavy atom. The van der Waals surface area contributed by atoms with Crippen LogP contribution in [-0.2, 0) is 6.42 Å². The molecule has 1 aliphatic rings. The van der Waals surface area contributed by atoms with Gasteiger partial charge in [0.1, 0.15) is 11.6 Å². The lowest BCUT2D eigenvalue weighted by Gasteiger charge is -2.26. The second-order valence-electron chi connectivity index (χ2n) is 7.08. The number of fused-ring (bicyclic) bond motifs is 1. The van der Waals surface area contributed by atoms with E-state index in [1.54, 1.807) is 18.3 Å². The first kappa shape index (κ1) is 18.2. The van der Waals surface area contributed by atoms with E-state index >= 15 is 0 Å². The molecule has 0 saturated heterocycles. The number of carbonyl (C=O) groups is 1. The molecule has 4 nitrogen and oxygen atoms in total. The summed E-state index contributed by atoms with van der Waals surface area (Å²) >= 11 is 0. The molecule has 1 aliphatic heterocycles. The summed E-state index contributed by atoms with van der Waals surface area (Å²) in [7, 11) is 1.94. The number of nitrogens with zero attached hydrogens (tertiary/aromatic N) is 3. The van der Waals surface area contributed by atoms with Crippen molar-refractivity contribution in [2.45, 2.75) is 19.4 Å². The third-order valence-corrected chi connectivity index (χ3v) is 5.42. The third kappa shape index (κ3) is 3.36. The third-order valence-electron chi connectivity index (χ3n) is 5.42. The molecule has 1 amide bonds. The van der Waals surface area contributed by atoms with Gasteiger partial charge < -0.3 is 9.80 Å². The maximum atomic E-state index is 13.2. The van der Waals surface area contributed by atoms with Crippen LogP contribution >= 0.6 is 0 Å². The molecule has 5 heteroatoms. The summed E-state index contributed by atoms with van der Waals surface area (Å²) in [6.45, 7) is 2.73.